The Morgan fingerprint density at radius 2 is 1.91 bits per heavy atom. The first-order valence-corrected chi connectivity index (χ1v) is 3.22. The second-order valence-corrected chi connectivity index (χ2v) is 2.38. The molecule has 0 aromatic carbocycles. The SMILES string of the molecule is O=C1C=CC2=CC(=O)NC2=C1. The van der Waals surface area contributed by atoms with Crippen molar-refractivity contribution in [2.75, 3.05) is 0 Å². The van der Waals surface area contributed by atoms with Crippen LogP contribution in [0.2, 0.25) is 0 Å². The van der Waals surface area contributed by atoms with E-state index in [-0.39, 0.29) is 11.7 Å². The van der Waals surface area contributed by atoms with Crippen molar-refractivity contribution >= 4 is 11.7 Å². The third-order valence-corrected chi connectivity index (χ3v) is 1.57. The van der Waals surface area contributed by atoms with Crippen molar-refractivity contribution in [2.45, 2.75) is 0 Å². The Labute approximate surface area is 63.1 Å². The van der Waals surface area contributed by atoms with Crippen LogP contribution in [0.3, 0.4) is 0 Å². The van der Waals surface area contributed by atoms with Crippen LogP contribution in [0.4, 0.5) is 0 Å². The average Bonchev–Trinajstić information content (AvgIpc) is 2.27. The van der Waals surface area contributed by atoms with Crippen LogP contribution in [-0.2, 0) is 9.59 Å². The number of amides is 1. The predicted octanol–water partition coefficient (Wildman–Crippen LogP) is 0.0654. The standard InChI is InChI=1S/C8H5NO2/c10-6-2-1-5-3-8(11)9-7(5)4-6/h1-4H,(H,9,11). The van der Waals surface area contributed by atoms with Crippen molar-refractivity contribution in [3.8, 4) is 0 Å². The van der Waals surface area contributed by atoms with Gasteiger partial charge in [-0.25, -0.2) is 0 Å². The van der Waals surface area contributed by atoms with Gasteiger partial charge in [0, 0.05) is 17.7 Å². The minimum atomic E-state index is -0.161. The number of allylic oxidation sites excluding steroid dienone is 3. The molecular weight excluding hydrogens is 142 g/mol. The molecule has 0 unspecified atom stereocenters. The van der Waals surface area contributed by atoms with Gasteiger partial charge in [0.15, 0.2) is 5.78 Å². The Kier molecular flexibility index (Phi) is 1.06. The lowest BCUT2D eigenvalue weighted by atomic mass is 10.1. The zero-order valence-electron chi connectivity index (χ0n) is 5.63. The minimum absolute atomic E-state index is 0.0839. The molecule has 1 aliphatic heterocycles. The molecule has 2 aliphatic rings. The highest BCUT2D eigenvalue weighted by Gasteiger charge is 2.18. The first kappa shape index (κ1) is 6.09. The largest absolute Gasteiger partial charge is 0.322 e. The summed E-state index contributed by atoms with van der Waals surface area (Å²) in [5, 5.41) is 2.54. The lowest BCUT2D eigenvalue weighted by Crippen LogP contribution is -2.15. The van der Waals surface area contributed by atoms with E-state index in [4.69, 9.17) is 0 Å². The van der Waals surface area contributed by atoms with Crippen molar-refractivity contribution < 1.29 is 9.59 Å². The Balaban J connectivity index is 2.47. The molecule has 0 bridgehead atoms. The highest BCUT2D eigenvalue weighted by molar-refractivity contribution is 6.06. The van der Waals surface area contributed by atoms with Gasteiger partial charge in [-0.15, -0.1) is 0 Å². The molecule has 3 nitrogen and oxygen atoms in total. The van der Waals surface area contributed by atoms with Gasteiger partial charge in [-0.05, 0) is 12.2 Å². The molecule has 0 saturated heterocycles. The van der Waals surface area contributed by atoms with Crippen LogP contribution in [-0.4, -0.2) is 11.7 Å². The van der Waals surface area contributed by atoms with Gasteiger partial charge in [-0.1, -0.05) is 0 Å². The van der Waals surface area contributed by atoms with Crippen LogP contribution >= 0.6 is 0 Å². The molecule has 0 spiro atoms. The van der Waals surface area contributed by atoms with Crippen molar-refractivity contribution in [3.05, 3.63) is 35.6 Å². The number of ketones is 1. The number of hydrogen-bond acceptors (Lipinski definition) is 2. The molecule has 0 aromatic rings. The topological polar surface area (TPSA) is 46.2 Å². The molecule has 0 fully saturated rings. The third-order valence-electron chi connectivity index (χ3n) is 1.57. The summed E-state index contributed by atoms with van der Waals surface area (Å²) in [6.07, 6.45) is 5.96. The van der Waals surface area contributed by atoms with E-state index in [9.17, 15) is 9.59 Å². The van der Waals surface area contributed by atoms with E-state index in [1.807, 2.05) is 0 Å². The number of rotatable bonds is 0. The monoisotopic (exact) mass is 147 g/mol. The molecule has 0 saturated carbocycles. The first-order valence-electron chi connectivity index (χ1n) is 3.22. The summed E-state index contributed by atoms with van der Waals surface area (Å²) >= 11 is 0. The van der Waals surface area contributed by atoms with Crippen LogP contribution < -0.4 is 5.32 Å². The maximum atomic E-state index is 10.8. The highest BCUT2D eigenvalue weighted by atomic mass is 16.1. The Morgan fingerprint density at radius 1 is 1.09 bits per heavy atom. The number of carbonyl (C=O) groups excluding carboxylic acids is 2. The van der Waals surface area contributed by atoms with E-state index in [2.05, 4.69) is 5.32 Å². The summed E-state index contributed by atoms with van der Waals surface area (Å²) in [6.45, 7) is 0. The maximum Gasteiger partial charge on any atom is 0.249 e. The quantitative estimate of drug-likeness (QED) is 0.526. The van der Waals surface area contributed by atoms with Gasteiger partial charge in [0.05, 0.1) is 5.70 Å². The Morgan fingerprint density at radius 3 is 2.73 bits per heavy atom. The second kappa shape index (κ2) is 1.92. The van der Waals surface area contributed by atoms with Crippen LogP contribution in [0.25, 0.3) is 0 Å². The summed E-state index contributed by atoms with van der Waals surface area (Å²) < 4.78 is 0. The maximum absolute atomic E-state index is 10.8. The number of fused-ring (bicyclic) bond motifs is 1. The normalized spacial score (nSPS) is 20.7. The second-order valence-electron chi connectivity index (χ2n) is 2.38. The van der Waals surface area contributed by atoms with Crippen LogP contribution in [0.1, 0.15) is 0 Å². The van der Waals surface area contributed by atoms with E-state index in [1.54, 1.807) is 6.08 Å². The highest BCUT2D eigenvalue weighted by Crippen LogP contribution is 2.17. The zero-order valence-corrected chi connectivity index (χ0v) is 5.63. The van der Waals surface area contributed by atoms with E-state index < -0.39 is 0 Å². The molecule has 1 aliphatic carbocycles. The summed E-state index contributed by atoms with van der Waals surface area (Å²) in [6, 6.07) is 0. The number of hydrogen-bond donors (Lipinski definition) is 1. The molecule has 1 heterocycles. The smallest absolute Gasteiger partial charge is 0.249 e. The van der Waals surface area contributed by atoms with Crippen LogP contribution in [0.5, 0.6) is 0 Å². The van der Waals surface area contributed by atoms with Crippen molar-refractivity contribution in [1.82, 2.24) is 5.32 Å². The van der Waals surface area contributed by atoms with E-state index in [1.165, 1.54) is 18.2 Å². The van der Waals surface area contributed by atoms with Gasteiger partial charge in [-0.3, -0.25) is 9.59 Å². The fourth-order valence-corrected chi connectivity index (χ4v) is 1.08. The summed E-state index contributed by atoms with van der Waals surface area (Å²) in [4.78, 5) is 21.5. The molecule has 11 heavy (non-hydrogen) atoms. The number of nitrogens with one attached hydrogen (secondary N) is 1. The van der Waals surface area contributed by atoms with Gasteiger partial charge in [-0.2, -0.15) is 0 Å². The molecule has 1 amide bonds. The van der Waals surface area contributed by atoms with E-state index in [0.29, 0.717) is 5.70 Å². The van der Waals surface area contributed by atoms with Gasteiger partial charge in [0.25, 0.3) is 0 Å². The molecule has 3 heteroatoms. The Bertz CT molecular complexity index is 334. The molecule has 0 atom stereocenters. The molecule has 54 valence electrons. The molecular formula is C8H5NO2. The lowest BCUT2D eigenvalue weighted by molar-refractivity contribution is -0.115. The van der Waals surface area contributed by atoms with Crippen LogP contribution in [0.15, 0.2) is 35.6 Å². The predicted molar refractivity (Wildman–Crippen MR) is 38.5 cm³/mol. The minimum Gasteiger partial charge on any atom is -0.322 e. The van der Waals surface area contributed by atoms with Crippen molar-refractivity contribution in [2.24, 2.45) is 0 Å². The Hall–Kier alpha value is -1.64. The summed E-state index contributed by atoms with van der Waals surface area (Å²) in [5.74, 6) is -0.245. The summed E-state index contributed by atoms with van der Waals surface area (Å²) in [7, 11) is 0. The summed E-state index contributed by atoms with van der Waals surface area (Å²) in [5.41, 5.74) is 1.40. The van der Waals surface area contributed by atoms with Gasteiger partial charge in [0.2, 0.25) is 5.91 Å². The van der Waals surface area contributed by atoms with Crippen LogP contribution in [0, 0.1) is 0 Å². The van der Waals surface area contributed by atoms with Gasteiger partial charge >= 0.3 is 0 Å². The van der Waals surface area contributed by atoms with Gasteiger partial charge in [0.1, 0.15) is 0 Å². The number of carbonyl (C=O) groups is 2. The van der Waals surface area contributed by atoms with E-state index in [0.717, 1.165) is 5.57 Å². The zero-order chi connectivity index (χ0) is 7.84. The van der Waals surface area contributed by atoms with Gasteiger partial charge < -0.3 is 5.32 Å². The molecule has 2 rings (SSSR count). The third kappa shape index (κ3) is 0.902. The van der Waals surface area contributed by atoms with Crippen molar-refractivity contribution in [3.63, 3.8) is 0 Å². The average molecular weight is 147 g/mol. The molecule has 0 radical (unpaired) electrons. The molecule has 1 N–H and O–H groups in total. The fraction of sp³-hybridized carbons (Fsp3) is 0. The molecule has 0 aromatic heterocycles. The van der Waals surface area contributed by atoms with Crippen molar-refractivity contribution in [1.29, 1.82) is 0 Å². The fourth-order valence-electron chi connectivity index (χ4n) is 1.08. The van der Waals surface area contributed by atoms with E-state index >= 15 is 0 Å². The first-order chi connectivity index (χ1) is 5.25. The lowest BCUT2D eigenvalue weighted by Gasteiger charge is -2.02.